The quantitative estimate of drug-likeness (QED) is 0.464. The number of carbonyl (C=O) groups is 2. The fourth-order valence-corrected chi connectivity index (χ4v) is 1.85. The smallest absolute Gasteiger partial charge is 0.196 e. The second-order valence-corrected chi connectivity index (χ2v) is 4.66. The third-order valence-corrected chi connectivity index (χ3v) is 3.05. The zero-order valence-electron chi connectivity index (χ0n) is 12.4. The summed E-state index contributed by atoms with van der Waals surface area (Å²) in [7, 11) is 1.57. The normalized spacial score (nSPS) is 12.1. The minimum absolute atomic E-state index is 0.342. The van der Waals surface area contributed by atoms with Crippen LogP contribution in [0.5, 0.6) is 5.75 Å². The van der Waals surface area contributed by atoms with Crippen molar-refractivity contribution >= 4 is 17.3 Å². The van der Waals surface area contributed by atoms with Crippen LogP contribution in [0.15, 0.2) is 64.8 Å². The average molecular weight is 296 g/mol. The van der Waals surface area contributed by atoms with E-state index in [9.17, 15) is 9.59 Å². The van der Waals surface area contributed by atoms with E-state index < -0.39 is 6.04 Å². The van der Waals surface area contributed by atoms with E-state index in [-0.39, 0.29) is 11.6 Å². The molecule has 5 heteroatoms. The second-order valence-electron chi connectivity index (χ2n) is 4.66. The summed E-state index contributed by atoms with van der Waals surface area (Å²) in [6.45, 7) is 1.33. The Morgan fingerprint density at radius 2 is 1.64 bits per heavy atom. The molecular weight excluding hydrogens is 280 g/mol. The standard InChI is InChI=1S/C17H16N2O3/c1-12(20)16(17(21)13-6-4-3-5-7-13)19-18-14-8-10-15(22-2)11-9-14/h3-11,16H,1-2H3. The van der Waals surface area contributed by atoms with E-state index in [0.717, 1.165) is 0 Å². The maximum Gasteiger partial charge on any atom is 0.196 e. The molecule has 0 aromatic heterocycles. The van der Waals surface area contributed by atoms with E-state index in [2.05, 4.69) is 10.2 Å². The molecule has 0 spiro atoms. The van der Waals surface area contributed by atoms with Crippen molar-refractivity contribution < 1.29 is 14.3 Å². The second kappa shape index (κ2) is 7.26. The highest BCUT2D eigenvalue weighted by Gasteiger charge is 2.24. The summed E-state index contributed by atoms with van der Waals surface area (Å²) < 4.78 is 5.05. The number of ketones is 2. The maximum absolute atomic E-state index is 12.3. The summed E-state index contributed by atoms with van der Waals surface area (Å²) in [6.07, 6.45) is 0. The van der Waals surface area contributed by atoms with E-state index in [1.807, 2.05) is 0 Å². The molecule has 0 saturated heterocycles. The number of hydrogen-bond donors (Lipinski definition) is 0. The van der Waals surface area contributed by atoms with E-state index in [1.165, 1.54) is 6.92 Å². The van der Waals surface area contributed by atoms with Gasteiger partial charge in [0.1, 0.15) is 5.75 Å². The lowest BCUT2D eigenvalue weighted by atomic mass is 10.0. The van der Waals surface area contributed by atoms with Gasteiger partial charge < -0.3 is 4.74 Å². The molecule has 0 N–H and O–H groups in total. The molecule has 112 valence electrons. The zero-order chi connectivity index (χ0) is 15.9. The van der Waals surface area contributed by atoms with Gasteiger partial charge in [0, 0.05) is 5.56 Å². The molecule has 1 atom stereocenters. The predicted molar refractivity (Wildman–Crippen MR) is 82.8 cm³/mol. The third kappa shape index (κ3) is 3.85. The van der Waals surface area contributed by atoms with Crippen molar-refractivity contribution in [3.05, 3.63) is 60.2 Å². The van der Waals surface area contributed by atoms with Gasteiger partial charge in [0.05, 0.1) is 12.8 Å². The SMILES string of the molecule is COc1ccc(N=NC(C(C)=O)C(=O)c2ccccc2)cc1. The van der Waals surface area contributed by atoms with Crippen LogP contribution in [-0.4, -0.2) is 24.7 Å². The molecule has 0 saturated carbocycles. The van der Waals surface area contributed by atoms with Gasteiger partial charge in [-0.1, -0.05) is 30.3 Å². The van der Waals surface area contributed by atoms with Crippen molar-refractivity contribution in [1.82, 2.24) is 0 Å². The van der Waals surface area contributed by atoms with E-state index >= 15 is 0 Å². The summed E-state index contributed by atoms with van der Waals surface area (Å²) in [4.78, 5) is 24.0. The van der Waals surface area contributed by atoms with Crippen LogP contribution < -0.4 is 4.74 Å². The number of rotatable bonds is 6. The van der Waals surface area contributed by atoms with Gasteiger partial charge >= 0.3 is 0 Å². The van der Waals surface area contributed by atoms with Crippen molar-refractivity contribution in [2.45, 2.75) is 13.0 Å². The Morgan fingerprint density at radius 3 is 2.18 bits per heavy atom. The molecule has 0 aliphatic rings. The van der Waals surface area contributed by atoms with Crippen LogP contribution >= 0.6 is 0 Å². The van der Waals surface area contributed by atoms with Crippen molar-refractivity contribution in [1.29, 1.82) is 0 Å². The summed E-state index contributed by atoms with van der Waals surface area (Å²) >= 11 is 0. The molecule has 0 heterocycles. The highest BCUT2D eigenvalue weighted by molar-refractivity contribution is 6.13. The molecule has 0 aliphatic heterocycles. The Morgan fingerprint density at radius 1 is 1.00 bits per heavy atom. The highest BCUT2D eigenvalue weighted by Crippen LogP contribution is 2.19. The summed E-state index contributed by atoms with van der Waals surface area (Å²) in [5.41, 5.74) is 0.990. The number of ether oxygens (including phenoxy) is 1. The topological polar surface area (TPSA) is 68.1 Å². The minimum atomic E-state index is -1.12. The van der Waals surface area contributed by atoms with Crippen molar-refractivity contribution in [2.75, 3.05) is 7.11 Å². The summed E-state index contributed by atoms with van der Waals surface area (Å²) in [5, 5.41) is 7.89. The van der Waals surface area contributed by atoms with Gasteiger partial charge in [0.2, 0.25) is 0 Å². The van der Waals surface area contributed by atoms with Gasteiger partial charge in [-0.2, -0.15) is 10.2 Å². The largest absolute Gasteiger partial charge is 0.497 e. The fourth-order valence-electron chi connectivity index (χ4n) is 1.85. The van der Waals surface area contributed by atoms with E-state index in [4.69, 9.17) is 4.74 Å². The lowest BCUT2D eigenvalue weighted by molar-refractivity contribution is -0.117. The van der Waals surface area contributed by atoms with Crippen LogP contribution in [-0.2, 0) is 4.79 Å². The molecule has 0 fully saturated rings. The lowest BCUT2D eigenvalue weighted by Crippen LogP contribution is -2.26. The lowest BCUT2D eigenvalue weighted by Gasteiger charge is -2.06. The van der Waals surface area contributed by atoms with Gasteiger partial charge in [0.25, 0.3) is 0 Å². The molecule has 2 aromatic carbocycles. The van der Waals surface area contributed by atoms with Crippen LogP contribution in [0.4, 0.5) is 5.69 Å². The molecule has 1 unspecified atom stereocenters. The Kier molecular flexibility index (Phi) is 5.14. The maximum atomic E-state index is 12.3. The molecule has 5 nitrogen and oxygen atoms in total. The first-order chi connectivity index (χ1) is 10.6. The van der Waals surface area contributed by atoms with Crippen LogP contribution in [0.2, 0.25) is 0 Å². The first-order valence-electron chi connectivity index (χ1n) is 6.76. The first kappa shape index (κ1) is 15.6. The van der Waals surface area contributed by atoms with Crippen LogP contribution in [0, 0.1) is 0 Å². The predicted octanol–water partition coefficient (Wildman–Crippen LogP) is 3.62. The first-order valence-corrected chi connectivity index (χ1v) is 6.76. The molecule has 0 radical (unpaired) electrons. The number of azo groups is 1. The number of hydrogen-bond acceptors (Lipinski definition) is 5. The number of carbonyl (C=O) groups excluding carboxylic acids is 2. The number of benzene rings is 2. The van der Waals surface area contributed by atoms with E-state index in [1.54, 1.807) is 61.7 Å². The van der Waals surface area contributed by atoms with Gasteiger partial charge in [-0.3, -0.25) is 9.59 Å². The number of nitrogens with zero attached hydrogens (tertiary/aromatic N) is 2. The van der Waals surface area contributed by atoms with Gasteiger partial charge in [-0.05, 0) is 31.2 Å². The molecule has 0 aliphatic carbocycles. The van der Waals surface area contributed by atoms with Crippen LogP contribution in [0.3, 0.4) is 0 Å². The number of methoxy groups -OCH3 is 1. The van der Waals surface area contributed by atoms with Gasteiger partial charge in [-0.15, -0.1) is 0 Å². The minimum Gasteiger partial charge on any atom is -0.497 e. The molecule has 22 heavy (non-hydrogen) atoms. The number of Topliss-reactive ketones (excluding diaryl/α,β-unsaturated/α-hetero) is 2. The molecular formula is C17H16N2O3. The monoisotopic (exact) mass is 296 g/mol. The fraction of sp³-hybridized carbons (Fsp3) is 0.176. The van der Waals surface area contributed by atoms with Crippen LogP contribution in [0.25, 0.3) is 0 Å². The van der Waals surface area contributed by atoms with Gasteiger partial charge in [-0.25, -0.2) is 0 Å². The van der Waals surface area contributed by atoms with Crippen LogP contribution in [0.1, 0.15) is 17.3 Å². The summed E-state index contributed by atoms with van der Waals surface area (Å²) in [5.74, 6) is -0.00101. The Balaban J connectivity index is 2.19. The van der Waals surface area contributed by atoms with Crippen molar-refractivity contribution in [2.24, 2.45) is 10.2 Å². The highest BCUT2D eigenvalue weighted by atomic mass is 16.5. The molecule has 0 bridgehead atoms. The Labute approximate surface area is 128 Å². The molecule has 2 aromatic rings. The van der Waals surface area contributed by atoms with Crippen molar-refractivity contribution in [3.63, 3.8) is 0 Å². The third-order valence-electron chi connectivity index (χ3n) is 3.05. The van der Waals surface area contributed by atoms with Gasteiger partial charge in [0.15, 0.2) is 17.6 Å². The van der Waals surface area contributed by atoms with Crippen molar-refractivity contribution in [3.8, 4) is 5.75 Å². The molecule has 0 amide bonds. The molecule has 2 rings (SSSR count). The zero-order valence-corrected chi connectivity index (χ0v) is 12.4. The summed E-state index contributed by atoms with van der Waals surface area (Å²) in [6, 6.07) is 14.3. The van der Waals surface area contributed by atoms with E-state index in [0.29, 0.717) is 17.0 Å². The Bertz CT molecular complexity index is 679. The average Bonchev–Trinajstić information content (AvgIpc) is 2.56. The Hall–Kier alpha value is -2.82.